The molecule has 20 heavy (non-hydrogen) atoms. The number of pyridine rings is 1. The summed E-state index contributed by atoms with van der Waals surface area (Å²) in [5, 5.41) is 5.66. The predicted molar refractivity (Wildman–Crippen MR) is 76.4 cm³/mol. The number of aromatic nitrogens is 1. The van der Waals surface area contributed by atoms with Gasteiger partial charge >= 0.3 is 5.97 Å². The van der Waals surface area contributed by atoms with Crippen molar-refractivity contribution in [3.05, 3.63) is 17.8 Å². The number of rotatable bonds is 7. The summed E-state index contributed by atoms with van der Waals surface area (Å²) in [7, 11) is 0. The number of amides is 1. The van der Waals surface area contributed by atoms with E-state index in [1.54, 1.807) is 6.92 Å². The van der Waals surface area contributed by atoms with Crippen LogP contribution < -0.4 is 16.4 Å². The molecule has 0 saturated carbocycles. The fourth-order valence-electron chi connectivity index (χ4n) is 1.54. The summed E-state index contributed by atoms with van der Waals surface area (Å²) in [6, 6.07) is 1.52. The zero-order valence-electron chi connectivity index (χ0n) is 11.7. The Morgan fingerprint density at radius 1 is 1.40 bits per heavy atom. The van der Waals surface area contributed by atoms with Crippen molar-refractivity contribution in [1.29, 1.82) is 0 Å². The maximum Gasteiger partial charge on any atom is 0.340 e. The molecule has 4 N–H and O–H groups in total. The summed E-state index contributed by atoms with van der Waals surface area (Å²) in [6.07, 6.45) is 1.72. The van der Waals surface area contributed by atoms with Crippen LogP contribution in [0.3, 0.4) is 0 Å². The number of carbonyl (C=O) groups excluding carboxylic acids is 2. The van der Waals surface area contributed by atoms with Gasteiger partial charge in [0, 0.05) is 19.5 Å². The van der Waals surface area contributed by atoms with E-state index in [1.807, 2.05) is 6.92 Å². The summed E-state index contributed by atoms with van der Waals surface area (Å²) >= 11 is 0. The highest BCUT2D eigenvalue weighted by molar-refractivity contribution is 5.95. The fraction of sp³-hybridized carbons (Fsp3) is 0.462. The highest BCUT2D eigenvalue weighted by atomic mass is 16.5. The number of esters is 1. The van der Waals surface area contributed by atoms with Crippen LogP contribution in [0.25, 0.3) is 0 Å². The molecule has 1 aromatic heterocycles. The Morgan fingerprint density at radius 2 is 2.15 bits per heavy atom. The van der Waals surface area contributed by atoms with Gasteiger partial charge in [0.1, 0.15) is 5.82 Å². The molecule has 110 valence electrons. The second kappa shape index (κ2) is 7.98. The van der Waals surface area contributed by atoms with Gasteiger partial charge in [-0.3, -0.25) is 4.79 Å². The third kappa shape index (κ3) is 4.75. The zero-order chi connectivity index (χ0) is 15.0. The Morgan fingerprint density at radius 3 is 2.80 bits per heavy atom. The molecule has 0 saturated heterocycles. The van der Waals surface area contributed by atoms with Crippen molar-refractivity contribution < 1.29 is 14.3 Å². The van der Waals surface area contributed by atoms with Gasteiger partial charge in [-0.05, 0) is 19.9 Å². The van der Waals surface area contributed by atoms with Crippen molar-refractivity contribution in [2.24, 2.45) is 0 Å². The molecule has 1 amide bonds. The summed E-state index contributed by atoms with van der Waals surface area (Å²) in [4.78, 5) is 27.0. The number of ether oxygens (including phenoxy) is 1. The molecule has 0 unspecified atom stereocenters. The van der Waals surface area contributed by atoms with Gasteiger partial charge in [-0.25, -0.2) is 9.78 Å². The van der Waals surface area contributed by atoms with E-state index in [-0.39, 0.29) is 23.8 Å². The average molecular weight is 280 g/mol. The molecule has 0 atom stereocenters. The Kier molecular flexibility index (Phi) is 6.28. The molecule has 1 aromatic rings. The van der Waals surface area contributed by atoms with E-state index in [0.717, 1.165) is 0 Å². The van der Waals surface area contributed by atoms with Crippen LogP contribution in [-0.4, -0.2) is 36.6 Å². The number of nitrogen functional groups attached to an aromatic ring is 1. The van der Waals surface area contributed by atoms with Crippen LogP contribution in [0, 0.1) is 0 Å². The Balaban J connectivity index is 2.61. The van der Waals surface area contributed by atoms with Crippen molar-refractivity contribution in [3.63, 3.8) is 0 Å². The highest BCUT2D eigenvalue weighted by Crippen LogP contribution is 2.16. The van der Waals surface area contributed by atoms with Gasteiger partial charge in [0.25, 0.3) is 0 Å². The molecule has 0 aliphatic carbocycles. The molecule has 7 heteroatoms. The lowest BCUT2D eigenvalue weighted by molar-refractivity contribution is -0.120. The number of carbonyl (C=O) groups is 2. The van der Waals surface area contributed by atoms with E-state index in [4.69, 9.17) is 10.5 Å². The largest absolute Gasteiger partial charge is 0.462 e. The third-order valence-corrected chi connectivity index (χ3v) is 2.46. The first kappa shape index (κ1) is 15.7. The van der Waals surface area contributed by atoms with Crippen LogP contribution in [0.2, 0.25) is 0 Å². The Bertz CT molecular complexity index is 477. The van der Waals surface area contributed by atoms with Gasteiger partial charge in [-0.2, -0.15) is 0 Å². The number of nitrogens with one attached hydrogen (secondary N) is 2. The lowest BCUT2D eigenvalue weighted by Gasteiger charge is -2.09. The SMILES string of the molecule is CCNC(=O)CCNc1cc(C(=O)OCC)c(N)cn1. The summed E-state index contributed by atoms with van der Waals surface area (Å²) in [6.45, 7) is 4.89. The number of anilines is 2. The van der Waals surface area contributed by atoms with Crippen LogP contribution in [0.1, 0.15) is 30.6 Å². The maximum absolute atomic E-state index is 11.7. The van der Waals surface area contributed by atoms with E-state index in [0.29, 0.717) is 25.3 Å². The first-order chi connectivity index (χ1) is 9.58. The van der Waals surface area contributed by atoms with Crippen LogP contribution in [0.4, 0.5) is 11.5 Å². The minimum atomic E-state index is -0.487. The van der Waals surface area contributed by atoms with Crippen LogP contribution in [-0.2, 0) is 9.53 Å². The van der Waals surface area contributed by atoms with Gasteiger partial charge in [-0.1, -0.05) is 0 Å². The molecule has 0 aromatic carbocycles. The second-order valence-corrected chi connectivity index (χ2v) is 4.01. The third-order valence-electron chi connectivity index (χ3n) is 2.46. The predicted octanol–water partition coefficient (Wildman–Crippen LogP) is 0.779. The first-order valence-electron chi connectivity index (χ1n) is 6.51. The van der Waals surface area contributed by atoms with E-state index in [9.17, 15) is 9.59 Å². The molecule has 1 heterocycles. The highest BCUT2D eigenvalue weighted by Gasteiger charge is 2.12. The van der Waals surface area contributed by atoms with Gasteiger partial charge in [-0.15, -0.1) is 0 Å². The zero-order valence-corrected chi connectivity index (χ0v) is 11.7. The van der Waals surface area contributed by atoms with E-state index >= 15 is 0 Å². The summed E-state index contributed by atoms with van der Waals surface area (Å²) in [5.74, 6) is -0.0493. The van der Waals surface area contributed by atoms with E-state index < -0.39 is 5.97 Å². The van der Waals surface area contributed by atoms with Crippen molar-refractivity contribution in [3.8, 4) is 0 Å². The fourth-order valence-corrected chi connectivity index (χ4v) is 1.54. The lowest BCUT2D eigenvalue weighted by Crippen LogP contribution is -2.24. The number of nitrogens with two attached hydrogens (primary N) is 1. The standard InChI is InChI=1S/C13H20N4O3/c1-3-15-12(18)5-6-16-11-7-9(10(14)8-17-11)13(19)20-4-2/h7-8H,3-6,14H2,1-2H3,(H,15,18)(H,16,17). The van der Waals surface area contributed by atoms with Crippen LogP contribution in [0.15, 0.2) is 12.3 Å². The van der Waals surface area contributed by atoms with E-state index in [1.165, 1.54) is 12.3 Å². The van der Waals surface area contributed by atoms with Gasteiger partial charge in [0.05, 0.1) is 24.1 Å². The van der Waals surface area contributed by atoms with Crippen LogP contribution in [0.5, 0.6) is 0 Å². The molecule has 7 nitrogen and oxygen atoms in total. The summed E-state index contributed by atoms with van der Waals surface area (Å²) in [5.41, 5.74) is 6.21. The van der Waals surface area contributed by atoms with Crippen molar-refractivity contribution in [2.75, 3.05) is 30.7 Å². The Labute approximate surface area is 117 Å². The molecule has 0 aliphatic rings. The monoisotopic (exact) mass is 280 g/mol. The number of hydrogen-bond acceptors (Lipinski definition) is 6. The smallest absolute Gasteiger partial charge is 0.340 e. The minimum absolute atomic E-state index is 0.0407. The molecule has 1 rings (SSSR count). The molecule has 0 bridgehead atoms. The Hall–Kier alpha value is -2.31. The first-order valence-corrected chi connectivity index (χ1v) is 6.51. The number of hydrogen-bond donors (Lipinski definition) is 3. The van der Waals surface area contributed by atoms with Gasteiger partial charge in [0.15, 0.2) is 0 Å². The molecule has 0 spiro atoms. The molecule has 0 radical (unpaired) electrons. The van der Waals surface area contributed by atoms with Crippen molar-refractivity contribution >= 4 is 23.4 Å². The molecule has 0 fully saturated rings. The lowest BCUT2D eigenvalue weighted by atomic mass is 10.2. The van der Waals surface area contributed by atoms with Crippen molar-refractivity contribution in [1.82, 2.24) is 10.3 Å². The van der Waals surface area contributed by atoms with Crippen LogP contribution >= 0.6 is 0 Å². The average Bonchev–Trinajstić information content (AvgIpc) is 2.41. The summed E-state index contributed by atoms with van der Waals surface area (Å²) < 4.78 is 4.90. The molecule has 0 aliphatic heterocycles. The van der Waals surface area contributed by atoms with Crippen molar-refractivity contribution in [2.45, 2.75) is 20.3 Å². The molecular formula is C13H20N4O3. The van der Waals surface area contributed by atoms with Gasteiger partial charge < -0.3 is 21.1 Å². The number of nitrogens with zero attached hydrogens (tertiary/aromatic N) is 1. The topological polar surface area (TPSA) is 106 Å². The second-order valence-electron chi connectivity index (χ2n) is 4.01. The van der Waals surface area contributed by atoms with E-state index in [2.05, 4.69) is 15.6 Å². The maximum atomic E-state index is 11.7. The minimum Gasteiger partial charge on any atom is -0.462 e. The normalized spacial score (nSPS) is 9.90. The molecular weight excluding hydrogens is 260 g/mol. The van der Waals surface area contributed by atoms with Gasteiger partial charge in [0.2, 0.25) is 5.91 Å². The quantitative estimate of drug-likeness (QED) is 0.637.